The quantitative estimate of drug-likeness (QED) is 0.733. The van der Waals surface area contributed by atoms with Crippen LogP contribution in [0.2, 0.25) is 0 Å². The Labute approximate surface area is 188 Å². The second kappa shape index (κ2) is 8.89. The number of benzene rings is 1. The van der Waals surface area contributed by atoms with E-state index in [1.807, 2.05) is 9.80 Å². The third-order valence-corrected chi connectivity index (χ3v) is 7.50. The summed E-state index contributed by atoms with van der Waals surface area (Å²) in [6.45, 7) is 5.39. The summed E-state index contributed by atoms with van der Waals surface area (Å²) in [5.41, 5.74) is 0.252. The molecule has 0 bridgehead atoms. The molecule has 176 valence electrons. The van der Waals surface area contributed by atoms with Crippen LogP contribution in [0.1, 0.15) is 58.8 Å². The van der Waals surface area contributed by atoms with Crippen molar-refractivity contribution in [3.63, 3.8) is 0 Å². The molecule has 1 atom stereocenters. The van der Waals surface area contributed by atoms with Crippen molar-refractivity contribution in [2.75, 3.05) is 29.4 Å². The van der Waals surface area contributed by atoms with Crippen LogP contribution in [0.4, 0.5) is 20.6 Å². The Morgan fingerprint density at radius 1 is 1.19 bits per heavy atom. The average Bonchev–Trinajstić information content (AvgIpc) is 3.04. The van der Waals surface area contributed by atoms with E-state index in [9.17, 15) is 19.8 Å². The summed E-state index contributed by atoms with van der Waals surface area (Å²) in [6, 6.07) is 4.46. The number of halogens is 1. The molecule has 7 nitrogen and oxygen atoms in total. The van der Waals surface area contributed by atoms with Crippen LogP contribution in [0.15, 0.2) is 18.2 Å². The summed E-state index contributed by atoms with van der Waals surface area (Å²) in [5, 5.41) is 19.3. The van der Waals surface area contributed by atoms with E-state index in [0.717, 1.165) is 56.4 Å². The standard InChI is InChI=1S/C24H34FN3O4/c1-16(2)28(23(31)32)18-6-9-21(20(25)14-18)26-12-3-10-24(15-26)11-13-27(22(24)30)17-4-7-19(29)8-5-17/h6,9,14,16-17,19,29H,3-5,7-8,10-13,15H2,1-2H3,(H,31,32)/t17-,19-,24?. The molecule has 4 rings (SSSR count). The van der Waals surface area contributed by atoms with Gasteiger partial charge in [0.05, 0.1) is 22.9 Å². The van der Waals surface area contributed by atoms with Crippen molar-refractivity contribution in [3.8, 4) is 0 Å². The van der Waals surface area contributed by atoms with Gasteiger partial charge in [-0.1, -0.05) is 0 Å². The fraction of sp³-hybridized carbons (Fsp3) is 0.667. The Bertz CT molecular complexity index is 871. The van der Waals surface area contributed by atoms with Gasteiger partial charge >= 0.3 is 6.09 Å². The fourth-order valence-corrected chi connectivity index (χ4v) is 5.81. The predicted octanol–water partition coefficient (Wildman–Crippen LogP) is 3.84. The van der Waals surface area contributed by atoms with E-state index in [4.69, 9.17) is 0 Å². The molecule has 1 aliphatic carbocycles. The molecule has 3 aliphatic rings. The zero-order valence-electron chi connectivity index (χ0n) is 19.0. The number of aliphatic hydroxyl groups is 1. The summed E-state index contributed by atoms with van der Waals surface area (Å²) >= 11 is 0. The van der Waals surface area contributed by atoms with E-state index in [1.165, 1.54) is 6.07 Å². The molecular weight excluding hydrogens is 413 g/mol. The molecule has 2 amide bonds. The summed E-state index contributed by atoms with van der Waals surface area (Å²) in [5.74, 6) is -0.285. The molecule has 1 unspecified atom stereocenters. The van der Waals surface area contributed by atoms with Crippen LogP contribution in [0, 0.1) is 11.2 Å². The van der Waals surface area contributed by atoms with Gasteiger partial charge < -0.3 is 20.0 Å². The summed E-state index contributed by atoms with van der Waals surface area (Å²) in [6.07, 6.45) is 4.23. The molecule has 0 aromatic heterocycles. The van der Waals surface area contributed by atoms with Crippen molar-refractivity contribution in [1.29, 1.82) is 0 Å². The maximum absolute atomic E-state index is 15.1. The van der Waals surface area contributed by atoms with E-state index in [0.29, 0.717) is 24.5 Å². The highest BCUT2D eigenvalue weighted by Gasteiger charge is 2.50. The van der Waals surface area contributed by atoms with E-state index in [2.05, 4.69) is 0 Å². The number of carbonyl (C=O) groups is 2. The Balaban J connectivity index is 1.51. The van der Waals surface area contributed by atoms with Crippen molar-refractivity contribution in [2.24, 2.45) is 5.41 Å². The van der Waals surface area contributed by atoms with Gasteiger partial charge in [0.25, 0.3) is 0 Å². The molecule has 2 saturated heterocycles. The minimum atomic E-state index is -1.11. The molecule has 3 fully saturated rings. The maximum atomic E-state index is 15.1. The van der Waals surface area contributed by atoms with Crippen LogP contribution in [-0.2, 0) is 4.79 Å². The highest BCUT2D eigenvalue weighted by atomic mass is 19.1. The summed E-state index contributed by atoms with van der Waals surface area (Å²) in [7, 11) is 0. The van der Waals surface area contributed by atoms with Gasteiger partial charge in [0, 0.05) is 31.7 Å². The molecule has 1 aromatic carbocycles. The lowest BCUT2D eigenvalue weighted by Crippen LogP contribution is -2.50. The zero-order valence-corrected chi connectivity index (χ0v) is 19.0. The van der Waals surface area contributed by atoms with Crippen LogP contribution in [0.25, 0.3) is 0 Å². The molecular formula is C24H34FN3O4. The second-order valence-electron chi connectivity index (χ2n) is 9.90. The van der Waals surface area contributed by atoms with Gasteiger partial charge in [-0.05, 0) is 77.0 Å². The monoisotopic (exact) mass is 447 g/mol. The van der Waals surface area contributed by atoms with E-state index < -0.39 is 17.3 Å². The summed E-state index contributed by atoms with van der Waals surface area (Å²) < 4.78 is 15.1. The van der Waals surface area contributed by atoms with Gasteiger partial charge in [0.15, 0.2) is 0 Å². The van der Waals surface area contributed by atoms with E-state index >= 15 is 4.39 Å². The lowest BCUT2D eigenvalue weighted by atomic mass is 9.78. The number of amides is 2. The van der Waals surface area contributed by atoms with Gasteiger partial charge in [0.2, 0.25) is 5.91 Å². The van der Waals surface area contributed by atoms with Crippen LogP contribution >= 0.6 is 0 Å². The van der Waals surface area contributed by atoms with Gasteiger partial charge in [0.1, 0.15) is 5.82 Å². The molecule has 1 spiro atoms. The van der Waals surface area contributed by atoms with Gasteiger partial charge in [-0.25, -0.2) is 9.18 Å². The first-order chi connectivity index (χ1) is 15.2. The molecule has 0 radical (unpaired) electrons. The van der Waals surface area contributed by atoms with Crippen molar-refractivity contribution in [3.05, 3.63) is 24.0 Å². The number of aliphatic hydroxyl groups excluding tert-OH is 1. The van der Waals surface area contributed by atoms with Gasteiger partial charge in [-0.2, -0.15) is 0 Å². The molecule has 2 N–H and O–H groups in total. The number of anilines is 2. The number of carboxylic acid groups (broad SMARTS) is 1. The van der Waals surface area contributed by atoms with Crippen LogP contribution in [0.5, 0.6) is 0 Å². The number of hydrogen-bond donors (Lipinski definition) is 2. The van der Waals surface area contributed by atoms with Crippen molar-refractivity contribution >= 4 is 23.4 Å². The molecule has 8 heteroatoms. The molecule has 1 saturated carbocycles. The van der Waals surface area contributed by atoms with Crippen LogP contribution < -0.4 is 9.80 Å². The number of likely N-dealkylation sites (tertiary alicyclic amines) is 1. The van der Waals surface area contributed by atoms with Crippen molar-refractivity contribution in [2.45, 2.75) is 77.0 Å². The number of nitrogens with zero attached hydrogens (tertiary/aromatic N) is 3. The third kappa shape index (κ3) is 4.17. The highest BCUT2D eigenvalue weighted by Crippen LogP contribution is 2.44. The predicted molar refractivity (Wildman–Crippen MR) is 121 cm³/mol. The Morgan fingerprint density at radius 3 is 2.53 bits per heavy atom. The average molecular weight is 448 g/mol. The molecule has 2 heterocycles. The van der Waals surface area contributed by atoms with Crippen molar-refractivity contribution in [1.82, 2.24) is 4.90 Å². The minimum absolute atomic E-state index is 0.178. The van der Waals surface area contributed by atoms with Gasteiger partial charge in [-0.3, -0.25) is 9.69 Å². The first kappa shape index (κ1) is 22.8. The molecule has 1 aromatic rings. The highest BCUT2D eigenvalue weighted by molar-refractivity contribution is 5.87. The normalized spacial score (nSPS) is 28.6. The van der Waals surface area contributed by atoms with Crippen LogP contribution in [0.3, 0.4) is 0 Å². The van der Waals surface area contributed by atoms with Crippen LogP contribution in [-0.4, -0.2) is 64.9 Å². The van der Waals surface area contributed by atoms with Gasteiger partial charge in [-0.15, -0.1) is 0 Å². The molecule has 32 heavy (non-hydrogen) atoms. The van der Waals surface area contributed by atoms with E-state index in [-0.39, 0.29) is 24.1 Å². The van der Waals surface area contributed by atoms with E-state index in [1.54, 1.807) is 26.0 Å². The maximum Gasteiger partial charge on any atom is 0.412 e. The number of hydrogen-bond acceptors (Lipinski definition) is 4. The summed E-state index contributed by atoms with van der Waals surface area (Å²) in [4.78, 5) is 30.2. The number of carbonyl (C=O) groups excluding carboxylic acids is 1. The molecule has 2 aliphatic heterocycles. The Kier molecular flexibility index (Phi) is 6.34. The third-order valence-electron chi connectivity index (χ3n) is 7.50. The minimum Gasteiger partial charge on any atom is -0.465 e. The topological polar surface area (TPSA) is 84.3 Å². The Hall–Kier alpha value is -2.35. The number of rotatable bonds is 4. The first-order valence-electron chi connectivity index (χ1n) is 11.8. The SMILES string of the molecule is CC(C)N(C(=O)O)c1ccc(N2CCCC3(CCN([C@H]4CC[C@H](O)CC4)C3=O)C2)c(F)c1. The lowest BCUT2D eigenvalue weighted by molar-refractivity contribution is -0.139. The second-order valence-corrected chi connectivity index (χ2v) is 9.90. The smallest absolute Gasteiger partial charge is 0.412 e. The van der Waals surface area contributed by atoms with Crippen molar-refractivity contribution < 1.29 is 24.2 Å². The largest absolute Gasteiger partial charge is 0.465 e. The number of piperidine rings is 1. The fourth-order valence-electron chi connectivity index (χ4n) is 5.81. The first-order valence-corrected chi connectivity index (χ1v) is 11.8. The zero-order chi connectivity index (χ0) is 23.0. The lowest BCUT2D eigenvalue weighted by Gasteiger charge is -2.41. The Morgan fingerprint density at radius 2 is 1.91 bits per heavy atom.